The van der Waals surface area contributed by atoms with Gasteiger partial charge in [-0.15, -0.1) is 0 Å². The Morgan fingerprint density at radius 2 is 2.12 bits per heavy atom. The molecule has 0 saturated carbocycles. The van der Waals surface area contributed by atoms with Crippen molar-refractivity contribution in [3.63, 3.8) is 0 Å². The molecule has 0 aliphatic heterocycles. The highest BCUT2D eigenvalue weighted by atomic mass is 15.0. The Morgan fingerprint density at radius 3 is 2.88 bits per heavy atom. The van der Waals surface area contributed by atoms with Crippen LogP contribution in [0, 0.1) is 11.3 Å². The van der Waals surface area contributed by atoms with Gasteiger partial charge in [0, 0.05) is 6.20 Å². The van der Waals surface area contributed by atoms with E-state index in [1.54, 1.807) is 24.4 Å². The molecular weight excluding hydrogens is 212 g/mol. The summed E-state index contributed by atoms with van der Waals surface area (Å²) >= 11 is 0. The second-order valence-electron chi connectivity index (χ2n) is 3.41. The SMILES string of the molecule is N#Cc1cccc(/C=C/c2ccnc(N)n2)c1. The lowest BCUT2D eigenvalue weighted by molar-refractivity contribution is 1.17. The molecule has 4 nitrogen and oxygen atoms in total. The second kappa shape index (κ2) is 4.90. The number of nitrogens with zero attached hydrogens (tertiary/aromatic N) is 3. The number of benzene rings is 1. The first kappa shape index (κ1) is 10.8. The number of nitriles is 1. The van der Waals surface area contributed by atoms with E-state index in [1.807, 2.05) is 24.3 Å². The average Bonchev–Trinajstić information content (AvgIpc) is 2.37. The topological polar surface area (TPSA) is 75.6 Å². The Morgan fingerprint density at radius 1 is 1.24 bits per heavy atom. The third-order valence-corrected chi connectivity index (χ3v) is 2.16. The van der Waals surface area contributed by atoms with Gasteiger partial charge < -0.3 is 5.73 Å². The van der Waals surface area contributed by atoms with Crippen LogP contribution in [0.1, 0.15) is 16.8 Å². The molecule has 0 spiro atoms. The third kappa shape index (κ3) is 2.89. The van der Waals surface area contributed by atoms with Gasteiger partial charge in [0.2, 0.25) is 5.95 Å². The largest absolute Gasteiger partial charge is 0.368 e. The second-order valence-corrected chi connectivity index (χ2v) is 3.41. The Hall–Kier alpha value is -2.67. The molecule has 0 amide bonds. The molecule has 1 aromatic heterocycles. The van der Waals surface area contributed by atoms with E-state index in [0.29, 0.717) is 5.56 Å². The Balaban J connectivity index is 2.23. The maximum atomic E-state index is 8.77. The number of anilines is 1. The van der Waals surface area contributed by atoms with Crippen molar-refractivity contribution in [2.75, 3.05) is 5.73 Å². The molecule has 2 N–H and O–H groups in total. The predicted molar refractivity (Wildman–Crippen MR) is 66.5 cm³/mol. The molecule has 0 aliphatic carbocycles. The fourth-order valence-electron chi connectivity index (χ4n) is 1.37. The van der Waals surface area contributed by atoms with E-state index in [9.17, 15) is 0 Å². The van der Waals surface area contributed by atoms with Crippen LogP contribution in [0.3, 0.4) is 0 Å². The van der Waals surface area contributed by atoms with Crippen molar-refractivity contribution in [1.29, 1.82) is 5.26 Å². The zero-order valence-corrected chi connectivity index (χ0v) is 9.04. The van der Waals surface area contributed by atoms with E-state index in [4.69, 9.17) is 11.0 Å². The number of rotatable bonds is 2. The van der Waals surface area contributed by atoms with Crippen LogP contribution in [-0.4, -0.2) is 9.97 Å². The van der Waals surface area contributed by atoms with Gasteiger partial charge in [0.05, 0.1) is 17.3 Å². The van der Waals surface area contributed by atoms with Crippen LogP contribution >= 0.6 is 0 Å². The molecule has 0 radical (unpaired) electrons. The summed E-state index contributed by atoms with van der Waals surface area (Å²) in [6.45, 7) is 0. The summed E-state index contributed by atoms with van der Waals surface area (Å²) in [4.78, 5) is 7.86. The molecule has 0 aliphatic rings. The molecule has 0 bridgehead atoms. The van der Waals surface area contributed by atoms with Crippen molar-refractivity contribution in [2.45, 2.75) is 0 Å². The first-order chi connectivity index (χ1) is 8.28. The summed E-state index contributed by atoms with van der Waals surface area (Å²) in [7, 11) is 0. The summed E-state index contributed by atoms with van der Waals surface area (Å²) < 4.78 is 0. The number of hydrogen-bond acceptors (Lipinski definition) is 4. The lowest BCUT2D eigenvalue weighted by Gasteiger charge is -1.95. The fraction of sp³-hybridized carbons (Fsp3) is 0. The molecule has 1 heterocycles. The molecule has 0 atom stereocenters. The van der Waals surface area contributed by atoms with Gasteiger partial charge in [-0.25, -0.2) is 9.97 Å². The maximum Gasteiger partial charge on any atom is 0.220 e. The Bertz CT molecular complexity index is 596. The van der Waals surface area contributed by atoms with Gasteiger partial charge in [0.15, 0.2) is 0 Å². The summed E-state index contributed by atoms with van der Waals surface area (Å²) in [6.07, 6.45) is 5.31. The van der Waals surface area contributed by atoms with E-state index in [0.717, 1.165) is 11.3 Å². The van der Waals surface area contributed by atoms with E-state index in [2.05, 4.69) is 16.0 Å². The molecule has 4 heteroatoms. The van der Waals surface area contributed by atoms with E-state index in [-0.39, 0.29) is 5.95 Å². The molecule has 17 heavy (non-hydrogen) atoms. The highest BCUT2D eigenvalue weighted by Gasteiger charge is 1.93. The monoisotopic (exact) mass is 222 g/mol. The normalized spacial score (nSPS) is 10.3. The lowest BCUT2D eigenvalue weighted by Crippen LogP contribution is -1.94. The van der Waals surface area contributed by atoms with Gasteiger partial charge in [-0.1, -0.05) is 18.2 Å². The Kier molecular flexibility index (Phi) is 3.13. The quantitative estimate of drug-likeness (QED) is 0.844. The van der Waals surface area contributed by atoms with Gasteiger partial charge >= 0.3 is 0 Å². The zero-order chi connectivity index (χ0) is 12.1. The Labute approximate surface area is 99.1 Å². The van der Waals surface area contributed by atoms with E-state index >= 15 is 0 Å². The third-order valence-electron chi connectivity index (χ3n) is 2.16. The van der Waals surface area contributed by atoms with Crippen molar-refractivity contribution in [1.82, 2.24) is 9.97 Å². The van der Waals surface area contributed by atoms with Crippen LogP contribution in [-0.2, 0) is 0 Å². The first-order valence-electron chi connectivity index (χ1n) is 5.05. The molecule has 2 aromatic rings. The highest BCUT2D eigenvalue weighted by molar-refractivity contribution is 5.68. The van der Waals surface area contributed by atoms with Crippen LogP contribution in [0.2, 0.25) is 0 Å². The minimum atomic E-state index is 0.248. The lowest BCUT2D eigenvalue weighted by atomic mass is 10.1. The minimum Gasteiger partial charge on any atom is -0.368 e. The number of nitrogen functional groups attached to an aromatic ring is 1. The van der Waals surface area contributed by atoms with Crippen LogP contribution in [0.4, 0.5) is 5.95 Å². The van der Waals surface area contributed by atoms with Crippen LogP contribution < -0.4 is 5.73 Å². The summed E-state index contributed by atoms with van der Waals surface area (Å²) in [6, 6.07) is 11.2. The fourth-order valence-corrected chi connectivity index (χ4v) is 1.37. The summed E-state index contributed by atoms with van der Waals surface area (Å²) in [5, 5.41) is 8.77. The average molecular weight is 222 g/mol. The molecule has 1 aromatic carbocycles. The number of aromatic nitrogens is 2. The minimum absolute atomic E-state index is 0.248. The molecule has 2 rings (SSSR count). The molecule has 0 unspecified atom stereocenters. The van der Waals surface area contributed by atoms with Crippen molar-refractivity contribution in [3.8, 4) is 6.07 Å². The number of nitrogens with two attached hydrogens (primary N) is 1. The van der Waals surface area contributed by atoms with Crippen molar-refractivity contribution in [2.24, 2.45) is 0 Å². The molecular formula is C13H10N4. The van der Waals surface area contributed by atoms with Gasteiger partial charge in [0.1, 0.15) is 0 Å². The molecule has 82 valence electrons. The van der Waals surface area contributed by atoms with Crippen molar-refractivity contribution < 1.29 is 0 Å². The van der Waals surface area contributed by atoms with Crippen LogP contribution in [0.25, 0.3) is 12.2 Å². The van der Waals surface area contributed by atoms with Gasteiger partial charge in [-0.2, -0.15) is 5.26 Å². The van der Waals surface area contributed by atoms with Crippen LogP contribution in [0.15, 0.2) is 36.5 Å². The highest BCUT2D eigenvalue weighted by Crippen LogP contribution is 2.08. The maximum absolute atomic E-state index is 8.77. The first-order valence-corrected chi connectivity index (χ1v) is 5.05. The smallest absolute Gasteiger partial charge is 0.220 e. The van der Waals surface area contributed by atoms with E-state index < -0.39 is 0 Å². The summed E-state index contributed by atoms with van der Waals surface area (Å²) in [5.74, 6) is 0.248. The standard InChI is InChI=1S/C13H10N4/c14-9-11-3-1-2-10(8-11)4-5-12-6-7-16-13(15)17-12/h1-8H,(H2,15,16,17)/b5-4+. The molecule has 0 saturated heterocycles. The zero-order valence-electron chi connectivity index (χ0n) is 9.04. The molecule has 0 fully saturated rings. The van der Waals surface area contributed by atoms with Crippen molar-refractivity contribution in [3.05, 3.63) is 53.3 Å². The van der Waals surface area contributed by atoms with Crippen LogP contribution in [0.5, 0.6) is 0 Å². The van der Waals surface area contributed by atoms with Crippen molar-refractivity contribution >= 4 is 18.1 Å². The van der Waals surface area contributed by atoms with E-state index in [1.165, 1.54) is 0 Å². The number of hydrogen-bond donors (Lipinski definition) is 1. The van der Waals surface area contributed by atoms with Gasteiger partial charge in [-0.05, 0) is 29.8 Å². The predicted octanol–water partition coefficient (Wildman–Crippen LogP) is 2.10. The van der Waals surface area contributed by atoms with Gasteiger partial charge in [0.25, 0.3) is 0 Å². The summed E-state index contributed by atoms with van der Waals surface area (Å²) in [5.41, 5.74) is 7.79. The van der Waals surface area contributed by atoms with Gasteiger partial charge in [-0.3, -0.25) is 0 Å².